The van der Waals surface area contributed by atoms with Gasteiger partial charge in [0.15, 0.2) is 0 Å². The van der Waals surface area contributed by atoms with E-state index in [1.807, 2.05) is 6.92 Å². The van der Waals surface area contributed by atoms with Gasteiger partial charge in [-0.1, -0.05) is 13.3 Å². The first-order valence-corrected chi connectivity index (χ1v) is 4.59. The molecule has 0 fully saturated rings. The maximum atomic E-state index is 11.1. The van der Waals surface area contributed by atoms with E-state index in [4.69, 9.17) is 10.8 Å². The van der Waals surface area contributed by atoms with Crippen LogP contribution in [-0.2, 0) is 4.79 Å². The highest BCUT2D eigenvalue weighted by atomic mass is 16.4. The summed E-state index contributed by atoms with van der Waals surface area (Å²) in [6.45, 7) is 2.53. The normalized spacial score (nSPS) is 11.9. The van der Waals surface area contributed by atoms with Crippen LogP contribution in [0.15, 0.2) is 0 Å². The lowest BCUT2D eigenvalue weighted by Crippen LogP contribution is -2.46. The summed E-state index contributed by atoms with van der Waals surface area (Å²) in [7, 11) is 0. The van der Waals surface area contributed by atoms with Crippen LogP contribution in [0.3, 0.4) is 0 Å². The Kier molecular flexibility index (Phi) is 6.47. The number of nitrogens with two attached hydrogens (primary N) is 1. The van der Waals surface area contributed by atoms with Crippen LogP contribution in [0.2, 0.25) is 0 Å². The molecule has 6 heteroatoms. The van der Waals surface area contributed by atoms with Gasteiger partial charge in [0.05, 0.1) is 0 Å². The summed E-state index contributed by atoms with van der Waals surface area (Å²) < 4.78 is 0. The molecule has 0 radical (unpaired) electrons. The van der Waals surface area contributed by atoms with Crippen LogP contribution in [-0.4, -0.2) is 36.2 Å². The molecule has 0 unspecified atom stereocenters. The minimum Gasteiger partial charge on any atom is -0.480 e. The van der Waals surface area contributed by atoms with Crippen molar-refractivity contribution in [1.29, 1.82) is 0 Å². The second-order valence-corrected chi connectivity index (χ2v) is 2.87. The quantitative estimate of drug-likeness (QED) is 0.467. The van der Waals surface area contributed by atoms with E-state index in [2.05, 4.69) is 10.6 Å². The summed E-state index contributed by atoms with van der Waals surface area (Å²) >= 11 is 0. The predicted molar refractivity (Wildman–Crippen MR) is 51.9 cm³/mol. The number of carbonyl (C=O) groups is 2. The lowest BCUT2D eigenvalue weighted by atomic mass is 10.2. The summed E-state index contributed by atoms with van der Waals surface area (Å²) in [5.74, 6) is -1.02. The van der Waals surface area contributed by atoms with Crippen molar-refractivity contribution in [3.8, 4) is 0 Å². The van der Waals surface area contributed by atoms with Gasteiger partial charge in [0.25, 0.3) is 0 Å². The highest BCUT2D eigenvalue weighted by Gasteiger charge is 2.17. The summed E-state index contributed by atoms with van der Waals surface area (Å²) in [5, 5.41) is 13.5. The third-order valence-corrected chi connectivity index (χ3v) is 1.61. The van der Waals surface area contributed by atoms with Crippen molar-refractivity contribution in [3.05, 3.63) is 0 Å². The van der Waals surface area contributed by atoms with Crippen molar-refractivity contribution in [1.82, 2.24) is 10.6 Å². The van der Waals surface area contributed by atoms with Gasteiger partial charge in [-0.2, -0.15) is 0 Å². The standard InChI is InChI=1S/C8H17N3O3/c1-2-3-6(7(12)13)11-8(14)10-5-4-9/h6H,2-5,9H2,1H3,(H,12,13)(H2,10,11,14)/t6-/m1/s1. The molecule has 14 heavy (non-hydrogen) atoms. The predicted octanol–water partition coefficient (Wildman–Crippen LogP) is -0.502. The Morgan fingerprint density at radius 3 is 2.57 bits per heavy atom. The molecule has 0 aromatic carbocycles. The van der Waals surface area contributed by atoms with E-state index in [9.17, 15) is 9.59 Å². The third kappa shape index (κ3) is 5.36. The number of amides is 2. The van der Waals surface area contributed by atoms with Crippen molar-refractivity contribution in [2.75, 3.05) is 13.1 Å². The van der Waals surface area contributed by atoms with Crippen LogP contribution in [0.4, 0.5) is 4.79 Å². The second kappa shape index (κ2) is 7.14. The van der Waals surface area contributed by atoms with Gasteiger partial charge in [-0.25, -0.2) is 9.59 Å². The number of carboxylic acid groups (broad SMARTS) is 1. The number of urea groups is 1. The fourth-order valence-corrected chi connectivity index (χ4v) is 0.941. The summed E-state index contributed by atoms with van der Waals surface area (Å²) in [6.07, 6.45) is 1.12. The van der Waals surface area contributed by atoms with Crippen LogP contribution >= 0.6 is 0 Å². The molecule has 0 saturated heterocycles. The maximum Gasteiger partial charge on any atom is 0.326 e. The van der Waals surface area contributed by atoms with Gasteiger partial charge in [-0.15, -0.1) is 0 Å². The fourth-order valence-electron chi connectivity index (χ4n) is 0.941. The molecule has 1 atom stereocenters. The zero-order valence-corrected chi connectivity index (χ0v) is 8.25. The van der Waals surface area contributed by atoms with Crippen LogP contribution in [0.5, 0.6) is 0 Å². The van der Waals surface area contributed by atoms with Gasteiger partial charge in [0.2, 0.25) is 0 Å². The average Bonchev–Trinajstić information content (AvgIpc) is 2.14. The molecule has 0 heterocycles. The largest absolute Gasteiger partial charge is 0.480 e. The molecule has 6 nitrogen and oxygen atoms in total. The number of nitrogens with one attached hydrogen (secondary N) is 2. The topological polar surface area (TPSA) is 104 Å². The Balaban J connectivity index is 3.90. The van der Waals surface area contributed by atoms with Crippen LogP contribution < -0.4 is 16.4 Å². The van der Waals surface area contributed by atoms with Crippen LogP contribution in [0, 0.1) is 0 Å². The molecule has 0 bridgehead atoms. The molecule has 82 valence electrons. The number of rotatable bonds is 6. The van der Waals surface area contributed by atoms with Crippen molar-refractivity contribution in [2.24, 2.45) is 5.73 Å². The van der Waals surface area contributed by atoms with Crippen molar-refractivity contribution >= 4 is 12.0 Å². The van der Waals surface area contributed by atoms with Gasteiger partial charge < -0.3 is 21.5 Å². The average molecular weight is 203 g/mol. The number of hydrogen-bond donors (Lipinski definition) is 4. The van der Waals surface area contributed by atoms with E-state index in [0.29, 0.717) is 25.9 Å². The number of hydrogen-bond acceptors (Lipinski definition) is 3. The highest BCUT2D eigenvalue weighted by Crippen LogP contribution is 1.96. The first-order valence-electron chi connectivity index (χ1n) is 4.59. The second-order valence-electron chi connectivity index (χ2n) is 2.87. The maximum absolute atomic E-state index is 11.1. The Morgan fingerprint density at radius 1 is 1.50 bits per heavy atom. The molecule has 0 spiro atoms. The summed E-state index contributed by atoms with van der Waals surface area (Å²) in [6, 6.07) is -1.31. The number of carboxylic acids is 1. The van der Waals surface area contributed by atoms with Gasteiger partial charge in [0, 0.05) is 13.1 Å². The van der Waals surface area contributed by atoms with E-state index in [1.165, 1.54) is 0 Å². The van der Waals surface area contributed by atoms with E-state index in [0.717, 1.165) is 0 Å². The van der Waals surface area contributed by atoms with Crippen molar-refractivity contribution in [2.45, 2.75) is 25.8 Å². The van der Waals surface area contributed by atoms with Gasteiger partial charge >= 0.3 is 12.0 Å². The molecular formula is C8H17N3O3. The first-order chi connectivity index (χ1) is 6.61. The number of carbonyl (C=O) groups excluding carboxylic acids is 1. The van der Waals surface area contributed by atoms with Gasteiger partial charge in [-0.05, 0) is 6.42 Å². The zero-order chi connectivity index (χ0) is 11.0. The SMILES string of the molecule is CCC[C@@H](NC(=O)NCCN)C(=O)O. The molecule has 0 rings (SSSR count). The molecule has 0 saturated carbocycles. The molecule has 0 aromatic heterocycles. The van der Waals surface area contributed by atoms with Crippen molar-refractivity contribution < 1.29 is 14.7 Å². The van der Waals surface area contributed by atoms with E-state index in [1.54, 1.807) is 0 Å². The Morgan fingerprint density at radius 2 is 2.14 bits per heavy atom. The Hall–Kier alpha value is -1.30. The molecule has 0 aliphatic rings. The van der Waals surface area contributed by atoms with E-state index in [-0.39, 0.29) is 0 Å². The lowest BCUT2D eigenvalue weighted by Gasteiger charge is -2.13. The molecular weight excluding hydrogens is 186 g/mol. The summed E-state index contributed by atoms with van der Waals surface area (Å²) in [5.41, 5.74) is 5.17. The van der Waals surface area contributed by atoms with Gasteiger partial charge in [0.1, 0.15) is 6.04 Å². The number of aliphatic carboxylic acids is 1. The van der Waals surface area contributed by atoms with Crippen molar-refractivity contribution in [3.63, 3.8) is 0 Å². The van der Waals surface area contributed by atoms with Crippen LogP contribution in [0.25, 0.3) is 0 Å². The Labute approximate surface area is 82.9 Å². The zero-order valence-electron chi connectivity index (χ0n) is 8.25. The molecule has 5 N–H and O–H groups in total. The fraction of sp³-hybridized carbons (Fsp3) is 0.750. The van der Waals surface area contributed by atoms with E-state index >= 15 is 0 Å². The first kappa shape index (κ1) is 12.7. The van der Waals surface area contributed by atoms with Crippen LogP contribution in [0.1, 0.15) is 19.8 Å². The smallest absolute Gasteiger partial charge is 0.326 e. The minimum absolute atomic E-state index is 0.332. The molecule has 2 amide bonds. The monoisotopic (exact) mass is 203 g/mol. The molecule has 0 aliphatic carbocycles. The minimum atomic E-state index is -1.02. The molecule has 0 aliphatic heterocycles. The highest BCUT2D eigenvalue weighted by molar-refractivity contribution is 5.82. The van der Waals surface area contributed by atoms with Gasteiger partial charge in [-0.3, -0.25) is 0 Å². The lowest BCUT2D eigenvalue weighted by molar-refractivity contribution is -0.139. The summed E-state index contributed by atoms with van der Waals surface area (Å²) in [4.78, 5) is 21.7. The molecule has 0 aromatic rings. The Bertz CT molecular complexity index is 196. The third-order valence-electron chi connectivity index (χ3n) is 1.61. The van der Waals surface area contributed by atoms with E-state index < -0.39 is 18.0 Å².